The minimum absolute atomic E-state index is 0.0458. The molecule has 2 aromatic rings. The van der Waals surface area contributed by atoms with Crippen molar-refractivity contribution in [1.29, 1.82) is 0 Å². The van der Waals surface area contributed by atoms with Gasteiger partial charge in [0.15, 0.2) is 0 Å². The number of H-pyrrole nitrogens is 1. The first-order valence-corrected chi connectivity index (χ1v) is 13.3. The number of imide groups is 1. The summed E-state index contributed by atoms with van der Waals surface area (Å²) in [6, 6.07) is 4.59. The Bertz CT molecular complexity index is 1220. The highest BCUT2D eigenvalue weighted by Crippen LogP contribution is 2.47. The molecule has 2 aliphatic heterocycles. The molecule has 4 unspecified atom stereocenters. The SMILES string of the molecule is CNC(=O)NC(=O)NC(C(=O)NC1C(=O)N2CC(C(=O)O)(C(C)Sc3nnn[nH]3)CS[C@H]12)c1ccccc1. The molecule has 1 aromatic carbocycles. The van der Waals surface area contributed by atoms with E-state index in [4.69, 9.17) is 0 Å². The van der Waals surface area contributed by atoms with Crippen LogP contribution in [-0.2, 0) is 14.4 Å². The maximum atomic E-state index is 13.2. The van der Waals surface area contributed by atoms with Crippen molar-refractivity contribution in [1.82, 2.24) is 46.8 Å². The molecular weight excluding hydrogens is 538 g/mol. The third-order valence-corrected chi connectivity index (χ3v) is 9.10. The molecule has 0 aliphatic carbocycles. The van der Waals surface area contributed by atoms with Gasteiger partial charge < -0.3 is 26.0 Å². The number of rotatable bonds is 8. The third kappa shape index (κ3) is 5.38. The average molecular weight is 564 g/mol. The number of nitrogens with one attached hydrogen (secondary N) is 5. The molecule has 17 heteroatoms. The summed E-state index contributed by atoms with van der Waals surface area (Å²) < 4.78 is 0. The van der Waals surface area contributed by atoms with Crippen LogP contribution < -0.4 is 21.3 Å². The van der Waals surface area contributed by atoms with Crippen LogP contribution in [0.3, 0.4) is 0 Å². The molecule has 0 spiro atoms. The Morgan fingerprint density at radius 3 is 2.61 bits per heavy atom. The number of carbonyl (C=O) groups is 5. The first-order valence-electron chi connectivity index (χ1n) is 11.4. The van der Waals surface area contributed by atoms with E-state index in [0.717, 1.165) is 0 Å². The van der Waals surface area contributed by atoms with Gasteiger partial charge in [0.1, 0.15) is 22.9 Å². The number of hydrogen-bond acceptors (Lipinski definition) is 10. The monoisotopic (exact) mass is 563 g/mol. The fourth-order valence-electron chi connectivity index (χ4n) is 4.14. The number of benzene rings is 1. The molecule has 202 valence electrons. The van der Waals surface area contributed by atoms with E-state index in [-0.39, 0.29) is 12.3 Å². The quantitative estimate of drug-likeness (QED) is 0.178. The van der Waals surface area contributed by atoms with Gasteiger partial charge in [-0.15, -0.1) is 16.9 Å². The maximum Gasteiger partial charge on any atom is 0.323 e. The third-order valence-electron chi connectivity index (χ3n) is 6.35. The molecule has 2 aliphatic rings. The number of aromatic amines is 1. The number of hydrogen-bond donors (Lipinski definition) is 6. The van der Waals surface area contributed by atoms with Crippen molar-refractivity contribution in [3.8, 4) is 0 Å². The topological polar surface area (TPSA) is 211 Å². The van der Waals surface area contributed by atoms with Gasteiger partial charge in [0, 0.05) is 24.6 Å². The molecule has 4 rings (SSSR count). The Morgan fingerprint density at radius 2 is 1.97 bits per heavy atom. The molecule has 15 nitrogen and oxygen atoms in total. The Balaban J connectivity index is 1.45. The number of amides is 6. The van der Waals surface area contributed by atoms with Gasteiger partial charge in [0.25, 0.3) is 0 Å². The van der Waals surface area contributed by atoms with Crippen molar-refractivity contribution < 1.29 is 29.1 Å². The second-order valence-corrected chi connectivity index (χ2v) is 11.0. The highest BCUT2D eigenvalue weighted by molar-refractivity contribution is 8.01. The number of fused-ring (bicyclic) bond motifs is 1. The van der Waals surface area contributed by atoms with Crippen LogP contribution >= 0.6 is 23.5 Å². The van der Waals surface area contributed by atoms with Crippen LogP contribution in [0.5, 0.6) is 0 Å². The zero-order valence-corrected chi connectivity index (χ0v) is 21.8. The minimum Gasteiger partial charge on any atom is -0.481 e. The second kappa shape index (κ2) is 11.3. The first-order chi connectivity index (χ1) is 18.2. The molecule has 0 bridgehead atoms. The van der Waals surface area contributed by atoms with E-state index in [9.17, 15) is 29.1 Å². The molecule has 5 atom stereocenters. The average Bonchev–Trinajstić information content (AvgIpc) is 3.43. The van der Waals surface area contributed by atoms with E-state index in [2.05, 4.69) is 36.6 Å². The lowest BCUT2D eigenvalue weighted by Gasteiger charge is -2.55. The van der Waals surface area contributed by atoms with Crippen LogP contribution in [-0.4, -0.2) is 96.5 Å². The molecule has 0 saturated carbocycles. The largest absolute Gasteiger partial charge is 0.481 e. The lowest BCUT2D eigenvalue weighted by molar-refractivity contribution is -0.158. The van der Waals surface area contributed by atoms with Crippen molar-refractivity contribution in [2.24, 2.45) is 5.41 Å². The van der Waals surface area contributed by atoms with Crippen molar-refractivity contribution in [3.05, 3.63) is 35.9 Å². The molecule has 0 radical (unpaired) electrons. The summed E-state index contributed by atoms with van der Waals surface area (Å²) in [5.74, 6) is -1.94. The van der Waals surface area contributed by atoms with Gasteiger partial charge in [-0.2, -0.15) is 0 Å². The number of tetrazole rings is 1. The molecule has 1 aromatic heterocycles. The number of carbonyl (C=O) groups excluding carboxylic acids is 4. The zero-order chi connectivity index (χ0) is 27.4. The van der Waals surface area contributed by atoms with Crippen LogP contribution in [0.2, 0.25) is 0 Å². The predicted molar refractivity (Wildman–Crippen MR) is 135 cm³/mol. The number of β-lactam (4-membered cyclic amide) rings is 1. The van der Waals surface area contributed by atoms with E-state index in [1.54, 1.807) is 37.3 Å². The predicted octanol–water partition coefficient (Wildman–Crippen LogP) is -0.469. The van der Waals surface area contributed by atoms with Gasteiger partial charge in [-0.05, 0) is 16.0 Å². The summed E-state index contributed by atoms with van der Waals surface area (Å²) in [7, 11) is 1.34. The van der Waals surface area contributed by atoms with E-state index in [1.807, 2.05) is 5.32 Å². The summed E-state index contributed by atoms with van der Waals surface area (Å²) >= 11 is 2.43. The Hall–Kier alpha value is -3.86. The van der Waals surface area contributed by atoms with Crippen LogP contribution in [0.25, 0.3) is 0 Å². The van der Waals surface area contributed by atoms with Crippen LogP contribution in [0.15, 0.2) is 35.5 Å². The van der Waals surface area contributed by atoms with Crippen LogP contribution in [0.1, 0.15) is 18.5 Å². The van der Waals surface area contributed by atoms with Crippen molar-refractivity contribution in [2.75, 3.05) is 19.3 Å². The van der Waals surface area contributed by atoms with Crippen molar-refractivity contribution in [2.45, 2.75) is 34.8 Å². The fourth-order valence-corrected chi connectivity index (χ4v) is 6.91. The Labute approximate surface area is 224 Å². The first kappa shape index (κ1) is 27.2. The Kier molecular flexibility index (Phi) is 8.05. The summed E-state index contributed by atoms with van der Waals surface area (Å²) in [4.78, 5) is 63.8. The number of aliphatic carboxylic acids is 1. The van der Waals surface area contributed by atoms with Gasteiger partial charge in [0.2, 0.25) is 17.0 Å². The van der Waals surface area contributed by atoms with Crippen LogP contribution in [0, 0.1) is 5.41 Å². The highest BCUT2D eigenvalue weighted by Gasteiger charge is 2.59. The number of carboxylic acids is 1. The number of thioether (sulfide) groups is 2. The lowest BCUT2D eigenvalue weighted by Crippen LogP contribution is -2.75. The highest BCUT2D eigenvalue weighted by atomic mass is 32.2. The minimum atomic E-state index is -1.27. The molecule has 2 saturated heterocycles. The summed E-state index contributed by atoms with van der Waals surface area (Å²) in [6.45, 7) is 1.70. The van der Waals surface area contributed by atoms with E-state index < -0.39 is 58.0 Å². The normalized spacial score (nSPS) is 23.7. The van der Waals surface area contributed by atoms with Crippen molar-refractivity contribution >= 4 is 53.4 Å². The van der Waals surface area contributed by atoms with E-state index >= 15 is 0 Å². The smallest absolute Gasteiger partial charge is 0.323 e. The molecule has 38 heavy (non-hydrogen) atoms. The molecule has 6 amide bonds. The molecule has 6 N–H and O–H groups in total. The van der Waals surface area contributed by atoms with Crippen molar-refractivity contribution in [3.63, 3.8) is 0 Å². The van der Waals surface area contributed by atoms with Gasteiger partial charge in [0.05, 0.1) is 0 Å². The van der Waals surface area contributed by atoms with Gasteiger partial charge in [-0.25, -0.2) is 14.7 Å². The summed E-state index contributed by atoms with van der Waals surface area (Å²) in [6.07, 6.45) is 0. The standard InChI is InChI=1S/C21H25N9O6S2/c1-10(38-20-26-28-29-27-20)21(17(33)34)8-30-15(32)13(16(30)37-9-21)23-14(31)12(11-6-4-3-5-7-11)24-19(36)25-18(35)22-2/h3-7,10,12-13,16H,8-9H2,1-2H3,(H,23,31)(H,33,34)(H,26,27,28,29)(H3,22,24,25,35,36)/t10?,12?,13?,16-,21?/m1/s1. The Morgan fingerprint density at radius 1 is 1.24 bits per heavy atom. The van der Waals surface area contributed by atoms with Crippen LogP contribution in [0.4, 0.5) is 9.59 Å². The molecule has 2 fully saturated rings. The van der Waals surface area contributed by atoms with Gasteiger partial charge in [-0.3, -0.25) is 19.7 Å². The number of carboxylic acid groups (broad SMARTS) is 1. The van der Waals surface area contributed by atoms with Gasteiger partial charge >= 0.3 is 18.0 Å². The second-order valence-electron chi connectivity index (χ2n) is 8.60. The maximum absolute atomic E-state index is 13.2. The van der Waals surface area contributed by atoms with E-state index in [1.165, 1.54) is 35.5 Å². The van der Waals surface area contributed by atoms with E-state index in [0.29, 0.717) is 10.7 Å². The number of aromatic nitrogens is 4. The number of nitrogens with zero attached hydrogens (tertiary/aromatic N) is 4. The summed E-state index contributed by atoms with van der Waals surface area (Å²) in [5, 5.41) is 32.3. The number of urea groups is 2. The summed E-state index contributed by atoms with van der Waals surface area (Å²) in [5.41, 5.74) is -0.829. The van der Waals surface area contributed by atoms with Gasteiger partial charge in [-0.1, -0.05) is 49.0 Å². The molecular formula is C21H25N9O6S2. The lowest BCUT2D eigenvalue weighted by atomic mass is 9.84. The fraction of sp³-hybridized carbons (Fsp3) is 0.429. The zero-order valence-electron chi connectivity index (χ0n) is 20.2. The molecule has 3 heterocycles.